The second-order valence-electron chi connectivity index (χ2n) is 5.53. The van der Waals surface area contributed by atoms with Crippen LogP contribution in [0.5, 0.6) is 11.5 Å². The zero-order valence-electron chi connectivity index (χ0n) is 15.7. The molecule has 3 amide bonds. The second-order valence-corrected chi connectivity index (χ2v) is 5.53. The van der Waals surface area contributed by atoms with Crippen molar-refractivity contribution in [1.82, 2.24) is 10.6 Å². The van der Waals surface area contributed by atoms with E-state index in [4.69, 9.17) is 9.47 Å². The number of benzene rings is 1. The molecule has 1 aromatic rings. The van der Waals surface area contributed by atoms with Crippen molar-refractivity contribution in [2.24, 2.45) is 0 Å². The first kappa shape index (κ1) is 22.9. The molecule has 0 unspecified atom stereocenters. The van der Waals surface area contributed by atoms with Gasteiger partial charge in [0.2, 0.25) is 0 Å². The minimum atomic E-state index is -3.08. The lowest BCUT2D eigenvalue weighted by Gasteiger charge is -2.12. The summed E-state index contributed by atoms with van der Waals surface area (Å²) in [6.45, 7) is -0.142. The summed E-state index contributed by atoms with van der Waals surface area (Å²) in [6, 6.07) is 3.55. The molecule has 10 heteroatoms. The Morgan fingerprint density at radius 3 is 2.57 bits per heavy atom. The number of esters is 1. The molecular weight excluding hydrogens is 378 g/mol. The quantitative estimate of drug-likeness (QED) is 0.488. The average molecular weight is 400 g/mol. The number of imide groups is 1. The standard InChI is InChI=1S/C18H22F2N2O6/c1-4-11(2)21-18(25)22-14(23)10-27-15(24)9-8-12-6-5-7-13(26-3)16(12)28-17(19)20/h5-9,11,17H,4,10H2,1-3H3,(H2,21,22,23,25)/b9-8+/t11-/m0/s1. The highest BCUT2D eigenvalue weighted by Crippen LogP contribution is 2.33. The van der Waals surface area contributed by atoms with Crippen molar-refractivity contribution in [2.45, 2.75) is 32.9 Å². The Morgan fingerprint density at radius 1 is 1.25 bits per heavy atom. The SMILES string of the molecule is CC[C@H](C)NC(=O)NC(=O)COC(=O)/C=C/c1cccc(OC)c1OC(F)F. The molecule has 0 fully saturated rings. The molecule has 0 aromatic heterocycles. The molecule has 0 bridgehead atoms. The van der Waals surface area contributed by atoms with Gasteiger partial charge in [-0.15, -0.1) is 0 Å². The number of urea groups is 1. The van der Waals surface area contributed by atoms with Crippen LogP contribution < -0.4 is 20.1 Å². The van der Waals surface area contributed by atoms with Crippen molar-refractivity contribution in [2.75, 3.05) is 13.7 Å². The van der Waals surface area contributed by atoms with E-state index in [0.29, 0.717) is 6.42 Å². The molecule has 8 nitrogen and oxygen atoms in total. The molecule has 1 atom stereocenters. The number of methoxy groups -OCH3 is 1. The van der Waals surface area contributed by atoms with Crippen LogP contribution in [0, 0.1) is 0 Å². The fraction of sp³-hybridized carbons (Fsp3) is 0.389. The maximum atomic E-state index is 12.6. The van der Waals surface area contributed by atoms with Crippen LogP contribution in [0.4, 0.5) is 13.6 Å². The van der Waals surface area contributed by atoms with E-state index < -0.39 is 31.1 Å². The maximum absolute atomic E-state index is 12.6. The van der Waals surface area contributed by atoms with Crippen molar-refractivity contribution >= 4 is 24.0 Å². The molecule has 0 aliphatic rings. The van der Waals surface area contributed by atoms with Crippen LogP contribution in [0.15, 0.2) is 24.3 Å². The molecule has 0 radical (unpaired) electrons. The summed E-state index contributed by atoms with van der Waals surface area (Å²) in [5, 5.41) is 4.52. The predicted octanol–water partition coefficient (Wildman–Crippen LogP) is 2.48. The van der Waals surface area contributed by atoms with E-state index in [1.165, 1.54) is 31.4 Å². The molecule has 0 saturated carbocycles. The Balaban J connectivity index is 2.63. The van der Waals surface area contributed by atoms with Crippen LogP contribution in [0.25, 0.3) is 6.08 Å². The Morgan fingerprint density at radius 2 is 1.96 bits per heavy atom. The van der Waals surface area contributed by atoms with Gasteiger partial charge in [0, 0.05) is 17.7 Å². The molecule has 0 spiro atoms. The van der Waals surface area contributed by atoms with Gasteiger partial charge < -0.3 is 19.5 Å². The highest BCUT2D eigenvalue weighted by Gasteiger charge is 2.15. The molecule has 154 valence electrons. The first-order valence-electron chi connectivity index (χ1n) is 8.33. The largest absolute Gasteiger partial charge is 0.493 e. The third-order valence-electron chi connectivity index (χ3n) is 3.42. The van der Waals surface area contributed by atoms with Gasteiger partial charge in [-0.25, -0.2) is 9.59 Å². The lowest BCUT2D eigenvalue weighted by atomic mass is 10.1. The Hall–Kier alpha value is -3.17. The first-order valence-corrected chi connectivity index (χ1v) is 8.33. The highest BCUT2D eigenvalue weighted by molar-refractivity contribution is 5.96. The predicted molar refractivity (Wildman–Crippen MR) is 96.0 cm³/mol. The fourth-order valence-electron chi connectivity index (χ4n) is 1.91. The van der Waals surface area contributed by atoms with Crippen molar-refractivity contribution in [1.29, 1.82) is 0 Å². The zero-order chi connectivity index (χ0) is 21.1. The molecule has 1 rings (SSSR count). The number of hydrogen-bond acceptors (Lipinski definition) is 6. The number of carbonyl (C=O) groups is 3. The highest BCUT2D eigenvalue weighted by atomic mass is 19.3. The second kappa shape index (κ2) is 11.5. The third kappa shape index (κ3) is 8.02. The number of hydrogen-bond donors (Lipinski definition) is 2. The van der Waals surface area contributed by atoms with Crippen molar-refractivity contribution in [3.63, 3.8) is 0 Å². The van der Waals surface area contributed by atoms with Crippen molar-refractivity contribution in [3.8, 4) is 11.5 Å². The average Bonchev–Trinajstić information content (AvgIpc) is 2.64. The van der Waals surface area contributed by atoms with Crippen LogP contribution >= 0.6 is 0 Å². The smallest absolute Gasteiger partial charge is 0.387 e. The molecule has 2 N–H and O–H groups in total. The Labute approximate surface area is 160 Å². The fourth-order valence-corrected chi connectivity index (χ4v) is 1.91. The number of amides is 3. The Kier molecular flexibility index (Phi) is 9.41. The molecule has 28 heavy (non-hydrogen) atoms. The lowest BCUT2D eigenvalue weighted by molar-refractivity contribution is -0.143. The Bertz CT molecular complexity index is 724. The van der Waals surface area contributed by atoms with E-state index in [0.717, 1.165) is 6.08 Å². The third-order valence-corrected chi connectivity index (χ3v) is 3.42. The van der Waals surface area contributed by atoms with Crippen molar-refractivity contribution < 1.29 is 37.4 Å². The normalized spacial score (nSPS) is 11.8. The van der Waals surface area contributed by atoms with E-state index >= 15 is 0 Å². The molecular formula is C18H22F2N2O6. The van der Waals surface area contributed by atoms with Gasteiger partial charge in [0.15, 0.2) is 18.1 Å². The van der Waals surface area contributed by atoms with E-state index in [9.17, 15) is 23.2 Å². The van der Waals surface area contributed by atoms with Gasteiger partial charge >= 0.3 is 18.6 Å². The number of alkyl halides is 2. The van der Waals surface area contributed by atoms with Crippen LogP contribution in [0.2, 0.25) is 0 Å². The molecule has 0 aliphatic carbocycles. The van der Waals surface area contributed by atoms with E-state index in [1.54, 1.807) is 6.92 Å². The molecule has 0 aliphatic heterocycles. The summed E-state index contributed by atoms with van der Waals surface area (Å²) >= 11 is 0. The van der Waals surface area contributed by atoms with Crippen LogP contribution in [-0.2, 0) is 14.3 Å². The summed E-state index contributed by atoms with van der Waals surface area (Å²) < 4.78 is 39.2. The minimum Gasteiger partial charge on any atom is -0.493 e. The molecule has 0 heterocycles. The number of nitrogens with one attached hydrogen (secondary N) is 2. The zero-order valence-corrected chi connectivity index (χ0v) is 15.7. The number of ether oxygens (including phenoxy) is 3. The first-order chi connectivity index (χ1) is 13.3. The van der Waals surface area contributed by atoms with Gasteiger partial charge in [-0.1, -0.05) is 19.1 Å². The minimum absolute atomic E-state index is 0.0579. The molecule has 0 saturated heterocycles. The lowest BCUT2D eigenvalue weighted by Crippen LogP contribution is -2.44. The van der Waals surface area contributed by atoms with Gasteiger partial charge in [0.1, 0.15) is 0 Å². The summed E-state index contributed by atoms with van der Waals surface area (Å²) in [5.41, 5.74) is 0.147. The number of rotatable bonds is 9. The van der Waals surface area contributed by atoms with Gasteiger partial charge in [-0.2, -0.15) is 8.78 Å². The van der Waals surface area contributed by atoms with Gasteiger partial charge in [0.25, 0.3) is 5.91 Å². The van der Waals surface area contributed by atoms with Crippen molar-refractivity contribution in [3.05, 3.63) is 29.8 Å². The monoisotopic (exact) mass is 400 g/mol. The summed E-state index contributed by atoms with van der Waals surface area (Å²) in [6.07, 6.45) is 2.79. The van der Waals surface area contributed by atoms with Crippen LogP contribution in [-0.4, -0.2) is 44.3 Å². The summed E-state index contributed by atoms with van der Waals surface area (Å²) in [4.78, 5) is 34.8. The number of halogens is 2. The number of para-hydroxylation sites is 1. The van der Waals surface area contributed by atoms with E-state index in [2.05, 4.69) is 10.1 Å². The summed E-state index contributed by atoms with van der Waals surface area (Å²) in [7, 11) is 1.28. The van der Waals surface area contributed by atoms with E-state index in [1.807, 2.05) is 12.2 Å². The van der Waals surface area contributed by atoms with Gasteiger partial charge in [-0.3, -0.25) is 10.1 Å². The molecule has 1 aromatic carbocycles. The van der Waals surface area contributed by atoms with Crippen LogP contribution in [0.1, 0.15) is 25.8 Å². The van der Waals surface area contributed by atoms with Gasteiger partial charge in [0.05, 0.1) is 7.11 Å². The van der Waals surface area contributed by atoms with Gasteiger partial charge in [-0.05, 0) is 25.5 Å². The number of carbonyl (C=O) groups excluding carboxylic acids is 3. The maximum Gasteiger partial charge on any atom is 0.387 e. The topological polar surface area (TPSA) is 103 Å². The summed E-state index contributed by atoms with van der Waals surface area (Å²) in [5.74, 6) is -1.92. The van der Waals surface area contributed by atoms with E-state index in [-0.39, 0.29) is 23.1 Å². The van der Waals surface area contributed by atoms with Crippen LogP contribution in [0.3, 0.4) is 0 Å².